The average molecular weight is 576 g/mol. The molecule has 1 radical (unpaired) electrons. The Kier molecular flexibility index (Phi) is 6.75. The van der Waals surface area contributed by atoms with Crippen molar-refractivity contribution in [1.29, 1.82) is 0 Å². The maximum atomic E-state index is 13.2. The zero-order valence-electron chi connectivity index (χ0n) is 25.0. The van der Waals surface area contributed by atoms with Crippen LogP contribution < -0.4 is 30.7 Å². The van der Waals surface area contributed by atoms with Crippen molar-refractivity contribution in [3.63, 3.8) is 0 Å². The first-order chi connectivity index (χ1) is 20.7. The summed E-state index contributed by atoms with van der Waals surface area (Å²) in [5, 5.41) is 10.2. The van der Waals surface area contributed by atoms with Crippen LogP contribution in [-0.4, -0.2) is 53.6 Å². The van der Waals surface area contributed by atoms with E-state index < -0.39 is 0 Å². The molecule has 2 bridgehead atoms. The van der Waals surface area contributed by atoms with Crippen LogP contribution in [0.25, 0.3) is 0 Å². The number of hydrogen-bond donors (Lipinski definition) is 3. The van der Waals surface area contributed by atoms with Crippen molar-refractivity contribution in [2.24, 2.45) is 4.99 Å². The Morgan fingerprint density at radius 3 is 2.70 bits per heavy atom. The molecule has 0 spiro atoms. The Hall–Kier alpha value is -4.54. The van der Waals surface area contributed by atoms with Crippen LogP contribution in [0.15, 0.2) is 84.0 Å². The van der Waals surface area contributed by atoms with Crippen molar-refractivity contribution in [3.05, 3.63) is 95.7 Å². The lowest BCUT2D eigenvalue weighted by molar-refractivity contribution is 0.102. The molecule has 43 heavy (non-hydrogen) atoms. The molecule has 3 N–H and O–H groups in total. The van der Waals surface area contributed by atoms with Crippen molar-refractivity contribution in [3.8, 4) is 0 Å². The zero-order valence-corrected chi connectivity index (χ0v) is 25.0. The molecule has 2 unspecified atom stereocenters. The SMILES string of the molecule is Cc1c(NC(=O)c2ccc(C(C)(C)C)cc2)cccc1N1C=C(Nc2ccnc(N3CC4CC3CN4)n2)C2=NC=C[N+]2C1. The van der Waals surface area contributed by atoms with E-state index in [0.29, 0.717) is 24.3 Å². The number of piperazine rings is 1. The van der Waals surface area contributed by atoms with Gasteiger partial charge in [0.15, 0.2) is 6.20 Å². The summed E-state index contributed by atoms with van der Waals surface area (Å²) in [4.78, 5) is 33.8. The Bertz CT molecular complexity index is 1650. The number of nitrogens with one attached hydrogen (secondary N) is 3. The molecule has 1 aromatic heterocycles. The normalized spacial score (nSPS) is 21.1. The number of rotatable bonds is 6. The van der Waals surface area contributed by atoms with Gasteiger partial charge in [-0.2, -0.15) is 9.98 Å². The van der Waals surface area contributed by atoms with E-state index in [1.54, 1.807) is 0 Å². The lowest BCUT2D eigenvalue weighted by Gasteiger charge is -2.29. The number of nitrogens with zero attached hydrogens (tertiary/aromatic N) is 6. The van der Waals surface area contributed by atoms with Crippen LogP contribution in [0.4, 0.5) is 23.1 Å². The van der Waals surface area contributed by atoms with Crippen LogP contribution in [0, 0.1) is 6.92 Å². The van der Waals surface area contributed by atoms with Crippen LogP contribution in [-0.2, 0) is 5.41 Å². The summed E-state index contributed by atoms with van der Waals surface area (Å²) in [6, 6.07) is 16.7. The van der Waals surface area contributed by atoms with Gasteiger partial charge >= 0.3 is 5.84 Å². The Morgan fingerprint density at radius 2 is 1.95 bits per heavy atom. The summed E-state index contributed by atoms with van der Waals surface area (Å²) in [5.41, 5.74) is 5.43. The Morgan fingerprint density at radius 1 is 1.12 bits per heavy atom. The predicted molar refractivity (Wildman–Crippen MR) is 172 cm³/mol. The van der Waals surface area contributed by atoms with Crippen LogP contribution in [0.2, 0.25) is 0 Å². The summed E-state index contributed by atoms with van der Waals surface area (Å²) >= 11 is 0. The van der Waals surface area contributed by atoms with E-state index in [2.05, 4.69) is 73.7 Å². The van der Waals surface area contributed by atoms with Gasteiger partial charge in [0.1, 0.15) is 11.5 Å². The van der Waals surface area contributed by atoms with Gasteiger partial charge in [-0.1, -0.05) is 43.9 Å². The molecule has 4 aliphatic heterocycles. The third kappa shape index (κ3) is 5.28. The summed E-state index contributed by atoms with van der Waals surface area (Å²) < 4.78 is 0. The smallest absolute Gasteiger partial charge is 0.308 e. The third-order valence-corrected chi connectivity index (χ3v) is 8.64. The second-order valence-electron chi connectivity index (χ2n) is 12.6. The average Bonchev–Trinajstić information content (AvgIpc) is 3.76. The second-order valence-corrected chi connectivity index (χ2v) is 12.6. The summed E-state index contributed by atoms with van der Waals surface area (Å²) in [7, 11) is 0. The molecule has 5 heterocycles. The van der Waals surface area contributed by atoms with Crippen molar-refractivity contribution in [2.45, 2.75) is 51.6 Å². The van der Waals surface area contributed by atoms with E-state index >= 15 is 0 Å². The fraction of sp³-hybridized carbons (Fsp3) is 0.333. The van der Waals surface area contributed by atoms with Crippen LogP contribution >= 0.6 is 0 Å². The molecule has 2 atom stereocenters. The van der Waals surface area contributed by atoms with Gasteiger partial charge in [-0.25, -0.2) is 4.98 Å². The van der Waals surface area contributed by atoms with E-state index in [9.17, 15) is 4.79 Å². The minimum absolute atomic E-state index is 0.0335. The molecule has 0 saturated carbocycles. The van der Waals surface area contributed by atoms with E-state index in [-0.39, 0.29) is 11.3 Å². The Labute approximate surface area is 252 Å². The van der Waals surface area contributed by atoms with Gasteiger partial charge in [0, 0.05) is 48.8 Å². The van der Waals surface area contributed by atoms with Gasteiger partial charge in [-0.05, 0) is 60.2 Å². The van der Waals surface area contributed by atoms with E-state index in [0.717, 1.165) is 59.7 Å². The molecule has 10 heteroatoms. The molecule has 0 aliphatic carbocycles. The summed E-state index contributed by atoms with van der Waals surface area (Å²) in [5.74, 6) is 2.18. The molecule has 3 aromatic rings. The number of amidine groups is 1. The van der Waals surface area contributed by atoms with Crippen molar-refractivity contribution >= 4 is 34.9 Å². The number of hydrogen-bond acceptors (Lipinski definition) is 9. The monoisotopic (exact) mass is 575 g/mol. The highest BCUT2D eigenvalue weighted by Crippen LogP contribution is 2.32. The highest BCUT2D eigenvalue weighted by molar-refractivity contribution is 6.07. The summed E-state index contributed by atoms with van der Waals surface area (Å²) in [6.45, 7) is 11.0. The number of aromatic nitrogens is 2. The van der Waals surface area contributed by atoms with Gasteiger partial charge < -0.3 is 20.9 Å². The van der Waals surface area contributed by atoms with Crippen molar-refractivity contribution in [1.82, 2.24) is 20.2 Å². The van der Waals surface area contributed by atoms with E-state index in [4.69, 9.17) is 4.98 Å². The van der Waals surface area contributed by atoms with Crippen molar-refractivity contribution in [2.75, 3.05) is 40.2 Å². The topological polar surface area (TPSA) is 104 Å². The van der Waals surface area contributed by atoms with Gasteiger partial charge in [0.2, 0.25) is 12.6 Å². The third-order valence-electron chi connectivity index (χ3n) is 8.64. The van der Waals surface area contributed by atoms with Gasteiger partial charge in [-0.3, -0.25) is 9.69 Å². The predicted octanol–water partition coefficient (Wildman–Crippen LogP) is 4.64. The van der Waals surface area contributed by atoms with Crippen molar-refractivity contribution < 1.29 is 4.79 Å². The molecule has 2 saturated heterocycles. The van der Waals surface area contributed by atoms with Gasteiger partial charge in [-0.15, -0.1) is 0 Å². The largest absolute Gasteiger partial charge is 0.335 e. The number of carbonyl (C=O) groups is 1. The van der Waals surface area contributed by atoms with Gasteiger partial charge in [0.05, 0.1) is 11.9 Å². The number of fused-ring (bicyclic) bond motifs is 3. The van der Waals surface area contributed by atoms with Gasteiger partial charge in [0.25, 0.3) is 5.91 Å². The molecule has 10 nitrogen and oxygen atoms in total. The maximum Gasteiger partial charge on any atom is 0.308 e. The minimum Gasteiger partial charge on any atom is -0.335 e. The second kappa shape index (κ2) is 10.6. The number of aliphatic imine (C=N–C) groups is 1. The lowest BCUT2D eigenvalue weighted by Crippen LogP contribution is -2.46. The number of anilines is 4. The first-order valence-corrected chi connectivity index (χ1v) is 14.8. The standard InChI is InChI=1S/C33H37N9O/c1-21-26(38-31(43)22-8-10-23(11-9-22)33(2,3)4)6-5-7-28(21)41-19-27(30-34-14-15-40(30)20-41)37-29-12-13-35-32(39-29)42-18-24-16-25(42)17-36-24/h5-15,19,24-25,36H,16-18,20H2,1-4H3,(H,38,43)(H,35,37,39)/q+1. The number of amides is 1. The molecule has 219 valence electrons. The zero-order chi connectivity index (χ0) is 29.7. The maximum absolute atomic E-state index is 13.2. The fourth-order valence-electron chi connectivity index (χ4n) is 6.21. The molecular formula is C33H37N9O+. The van der Waals surface area contributed by atoms with E-state index in [1.165, 1.54) is 5.56 Å². The first-order valence-electron chi connectivity index (χ1n) is 14.8. The Balaban J connectivity index is 1.12. The van der Waals surface area contributed by atoms with E-state index in [1.807, 2.05) is 68.0 Å². The highest BCUT2D eigenvalue weighted by Gasteiger charge is 2.39. The summed E-state index contributed by atoms with van der Waals surface area (Å²) in [6.07, 6.45) is 8.79. The fourth-order valence-corrected chi connectivity index (χ4v) is 6.21. The number of benzene rings is 2. The molecule has 7 rings (SSSR count). The minimum atomic E-state index is -0.129. The lowest BCUT2D eigenvalue weighted by atomic mass is 9.86. The van der Waals surface area contributed by atoms with Crippen LogP contribution in [0.3, 0.4) is 0 Å². The quantitative estimate of drug-likeness (QED) is 0.368. The first kappa shape index (κ1) is 27.3. The number of carbonyl (C=O) groups excluding carboxylic acids is 1. The molecule has 4 aliphatic rings. The molecule has 2 fully saturated rings. The molecular weight excluding hydrogens is 538 g/mol. The molecule has 1 amide bonds. The molecule has 2 aromatic carbocycles. The van der Waals surface area contributed by atoms with Crippen LogP contribution in [0.5, 0.6) is 0 Å². The highest BCUT2D eigenvalue weighted by atomic mass is 16.1. The van der Waals surface area contributed by atoms with Crippen LogP contribution in [0.1, 0.15) is 48.7 Å².